The van der Waals surface area contributed by atoms with Crippen LogP contribution in [-0.4, -0.2) is 16.0 Å². The number of phenolic OH excluding ortho intramolecular Hbond substituents is 2. The third-order valence-corrected chi connectivity index (χ3v) is 2.50. The summed E-state index contributed by atoms with van der Waals surface area (Å²) in [6.45, 7) is 0. The van der Waals surface area contributed by atoms with Gasteiger partial charge in [-0.25, -0.2) is 0 Å². The molecular formula is C14H12O3. The number of Topliss-reactive ketones (excluding diaryl/α,β-unsaturated/α-hetero) is 1. The second-order valence-corrected chi connectivity index (χ2v) is 3.79. The average Bonchev–Trinajstić information content (AvgIpc) is 2.35. The molecule has 0 saturated heterocycles. The number of carbonyl (C=O) groups excluding carboxylic acids is 1. The molecule has 17 heavy (non-hydrogen) atoms. The van der Waals surface area contributed by atoms with E-state index in [1.54, 1.807) is 18.2 Å². The van der Waals surface area contributed by atoms with E-state index in [0.29, 0.717) is 11.1 Å². The molecule has 2 rings (SSSR count). The Kier molecular flexibility index (Phi) is 3.10. The van der Waals surface area contributed by atoms with E-state index in [4.69, 9.17) is 5.11 Å². The van der Waals surface area contributed by atoms with Crippen molar-refractivity contribution in [3.05, 3.63) is 59.7 Å². The highest BCUT2D eigenvalue weighted by Crippen LogP contribution is 2.25. The number of hydrogen-bond acceptors (Lipinski definition) is 3. The van der Waals surface area contributed by atoms with Crippen molar-refractivity contribution in [1.82, 2.24) is 0 Å². The van der Waals surface area contributed by atoms with E-state index in [9.17, 15) is 9.90 Å². The molecular weight excluding hydrogens is 216 g/mol. The molecule has 0 atom stereocenters. The molecule has 0 amide bonds. The lowest BCUT2D eigenvalue weighted by Gasteiger charge is -2.03. The van der Waals surface area contributed by atoms with Gasteiger partial charge in [0.1, 0.15) is 0 Å². The Bertz CT molecular complexity index is 532. The maximum absolute atomic E-state index is 11.9. The van der Waals surface area contributed by atoms with Crippen molar-refractivity contribution in [2.45, 2.75) is 6.42 Å². The molecule has 0 saturated carbocycles. The van der Waals surface area contributed by atoms with Crippen molar-refractivity contribution in [3.8, 4) is 11.5 Å². The zero-order chi connectivity index (χ0) is 12.3. The number of phenols is 2. The normalized spacial score (nSPS) is 10.1. The molecule has 0 aliphatic carbocycles. The Morgan fingerprint density at radius 2 is 1.65 bits per heavy atom. The Morgan fingerprint density at radius 3 is 2.29 bits per heavy atom. The summed E-state index contributed by atoms with van der Waals surface area (Å²) in [7, 11) is 0. The minimum atomic E-state index is -0.205. The first-order chi connectivity index (χ1) is 8.16. The van der Waals surface area contributed by atoms with Gasteiger partial charge in [-0.2, -0.15) is 0 Å². The van der Waals surface area contributed by atoms with E-state index < -0.39 is 0 Å². The number of benzene rings is 2. The molecule has 2 N–H and O–H groups in total. The summed E-state index contributed by atoms with van der Waals surface area (Å²) < 4.78 is 0. The minimum Gasteiger partial charge on any atom is -0.504 e. The Hall–Kier alpha value is -2.29. The predicted molar refractivity (Wildman–Crippen MR) is 64.2 cm³/mol. The average molecular weight is 228 g/mol. The molecule has 0 bridgehead atoms. The van der Waals surface area contributed by atoms with E-state index >= 15 is 0 Å². The summed E-state index contributed by atoms with van der Waals surface area (Å²) in [4.78, 5) is 11.9. The zero-order valence-electron chi connectivity index (χ0n) is 9.13. The van der Waals surface area contributed by atoms with E-state index in [2.05, 4.69) is 0 Å². The number of ketones is 1. The fraction of sp³-hybridized carbons (Fsp3) is 0.0714. The van der Waals surface area contributed by atoms with Gasteiger partial charge in [-0.1, -0.05) is 36.4 Å². The van der Waals surface area contributed by atoms with Gasteiger partial charge in [0.15, 0.2) is 17.3 Å². The maximum Gasteiger partial charge on any atom is 0.167 e. The van der Waals surface area contributed by atoms with Crippen molar-refractivity contribution in [2.24, 2.45) is 0 Å². The van der Waals surface area contributed by atoms with Crippen LogP contribution in [0.2, 0.25) is 0 Å². The summed E-state index contributed by atoms with van der Waals surface area (Å²) in [5.41, 5.74) is 1.31. The van der Waals surface area contributed by atoms with Gasteiger partial charge in [0.2, 0.25) is 0 Å². The summed E-state index contributed by atoms with van der Waals surface area (Å²) in [5.74, 6) is -0.403. The smallest absolute Gasteiger partial charge is 0.167 e. The van der Waals surface area contributed by atoms with E-state index in [1.807, 2.05) is 18.2 Å². The number of hydrogen-bond donors (Lipinski definition) is 2. The molecule has 0 spiro atoms. The Labute approximate surface area is 99.0 Å². The topological polar surface area (TPSA) is 57.5 Å². The van der Waals surface area contributed by atoms with Crippen LogP contribution in [0.25, 0.3) is 0 Å². The second kappa shape index (κ2) is 4.70. The van der Waals surface area contributed by atoms with E-state index in [0.717, 1.165) is 0 Å². The first-order valence-corrected chi connectivity index (χ1v) is 5.26. The SMILES string of the molecule is O=C(Cc1ccc(O)c(O)c1)c1ccccc1. The van der Waals surface area contributed by atoms with Crippen LogP contribution >= 0.6 is 0 Å². The van der Waals surface area contributed by atoms with Gasteiger partial charge in [0, 0.05) is 12.0 Å². The van der Waals surface area contributed by atoms with Gasteiger partial charge >= 0.3 is 0 Å². The van der Waals surface area contributed by atoms with Crippen molar-refractivity contribution in [3.63, 3.8) is 0 Å². The van der Waals surface area contributed by atoms with Crippen molar-refractivity contribution >= 4 is 5.78 Å². The fourth-order valence-electron chi connectivity index (χ4n) is 1.59. The molecule has 0 fully saturated rings. The highest BCUT2D eigenvalue weighted by Gasteiger charge is 2.08. The predicted octanol–water partition coefficient (Wildman–Crippen LogP) is 2.52. The van der Waals surface area contributed by atoms with Crippen LogP contribution in [0, 0.1) is 0 Å². The Morgan fingerprint density at radius 1 is 0.941 bits per heavy atom. The monoisotopic (exact) mass is 228 g/mol. The molecule has 2 aromatic rings. The molecule has 0 unspecified atom stereocenters. The molecule has 3 heteroatoms. The number of aromatic hydroxyl groups is 2. The zero-order valence-corrected chi connectivity index (χ0v) is 9.13. The lowest BCUT2D eigenvalue weighted by atomic mass is 10.0. The molecule has 3 nitrogen and oxygen atoms in total. The summed E-state index contributed by atoms with van der Waals surface area (Å²) in [5, 5.41) is 18.5. The van der Waals surface area contributed by atoms with Crippen molar-refractivity contribution < 1.29 is 15.0 Å². The third kappa shape index (κ3) is 2.64. The summed E-state index contributed by atoms with van der Waals surface area (Å²) >= 11 is 0. The van der Waals surface area contributed by atoms with Gasteiger partial charge in [-0.15, -0.1) is 0 Å². The quantitative estimate of drug-likeness (QED) is 0.627. The van der Waals surface area contributed by atoms with Gasteiger partial charge in [-0.05, 0) is 17.7 Å². The lowest BCUT2D eigenvalue weighted by molar-refractivity contribution is 0.0993. The van der Waals surface area contributed by atoms with Gasteiger partial charge < -0.3 is 10.2 Å². The molecule has 0 aliphatic heterocycles. The van der Waals surface area contributed by atoms with Gasteiger partial charge in [0.25, 0.3) is 0 Å². The largest absolute Gasteiger partial charge is 0.504 e. The van der Waals surface area contributed by atoms with Gasteiger partial charge in [0.05, 0.1) is 0 Å². The molecule has 86 valence electrons. The first kappa shape index (κ1) is 11.2. The first-order valence-electron chi connectivity index (χ1n) is 5.26. The van der Waals surface area contributed by atoms with Crippen LogP contribution < -0.4 is 0 Å². The van der Waals surface area contributed by atoms with Crippen LogP contribution in [0.3, 0.4) is 0 Å². The molecule has 2 aromatic carbocycles. The van der Waals surface area contributed by atoms with Crippen LogP contribution in [0.1, 0.15) is 15.9 Å². The van der Waals surface area contributed by atoms with Crippen LogP contribution in [0.5, 0.6) is 11.5 Å². The third-order valence-electron chi connectivity index (χ3n) is 2.50. The molecule has 0 heterocycles. The lowest BCUT2D eigenvalue weighted by Crippen LogP contribution is -2.02. The van der Waals surface area contributed by atoms with E-state index in [-0.39, 0.29) is 23.7 Å². The second-order valence-electron chi connectivity index (χ2n) is 3.79. The standard InChI is InChI=1S/C14H12O3/c15-12-7-6-10(9-14(12)17)8-13(16)11-4-2-1-3-5-11/h1-7,9,15,17H,8H2. The molecule has 0 aromatic heterocycles. The Balaban J connectivity index is 2.16. The fourth-order valence-corrected chi connectivity index (χ4v) is 1.59. The van der Waals surface area contributed by atoms with Crippen molar-refractivity contribution in [1.29, 1.82) is 0 Å². The van der Waals surface area contributed by atoms with E-state index in [1.165, 1.54) is 12.1 Å². The van der Waals surface area contributed by atoms with Crippen LogP contribution in [-0.2, 0) is 6.42 Å². The van der Waals surface area contributed by atoms with Crippen molar-refractivity contribution in [2.75, 3.05) is 0 Å². The minimum absolute atomic E-state index is 0.0179. The number of carbonyl (C=O) groups is 1. The highest BCUT2D eigenvalue weighted by molar-refractivity contribution is 5.97. The molecule has 0 radical (unpaired) electrons. The summed E-state index contributed by atoms with van der Waals surface area (Å²) in [6, 6.07) is 13.4. The van der Waals surface area contributed by atoms with Crippen LogP contribution in [0.15, 0.2) is 48.5 Å². The number of rotatable bonds is 3. The highest BCUT2D eigenvalue weighted by atomic mass is 16.3. The molecule has 0 aliphatic rings. The van der Waals surface area contributed by atoms with Crippen LogP contribution in [0.4, 0.5) is 0 Å². The maximum atomic E-state index is 11.9. The van der Waals surface area contributed by atoms with Gasteiger partial charge in [-0.3, -0.25) is 4.79 Å². The summed E-state index contributed by atoms with van der Waals surface area (Å²) in [6.07, 6.45) is 0.206.